The fourth-order valence-corrected chi connectivity index (χ4v) is 3.93. The van der Waals surface area contributed by atoms with Gasteiger partial charge in [-0.2, -0.15) is 10.1 Å². The number of carbonyl (C=O) groups is 1. The molecule has 1 amide bonds. The second-order valence-electron chi connectivity index (χ2n) is 7.87. The molecule has 1 aliphatic heterocycles. The van der Waals surface area contributed by atoms with Crippen molar-refractivity contribution >= 4 is 16.8 Å². The molecule has 8 nitrogen and oxygen atoms in total. The third kappa shape index (κ3) is 3.07. The Hall–Kier alpha value is -2.74. The highest BCUT2D eigenvalue weighted by Crippen LogP contribution is 2.38. The lowest BCUT2D eigenvalue weighted by atomic mass is 10.1. The van der Waals surface area contributed by atoms with Crippen molar-refractivity contribution in [2.24, 2.45) is 7.05 Å². The van der Waals surface area contributed by atoms with Gasteiger partial charge < -0.3 is 9.42 Å². The van der Waals surface area contributed by atoms with Gasteiger partial charge in [-0.25, -0.2) is 0 Å². The van der Waals surface area contributed by atoms with E-state index >= 15 is 0 Å². The molecule has 28 heavy (non-hydrogen) atoms. The van der Waals surface area contributed by atoms with E-state index in [4.69, 9.17) is 4.52 Å². The highest BCUT2D eigenvalue weighted by molar-refractivity contribution is 5.87. The van der Waals surface area contributed by atoms with Crippen LogP contribution in [0.3, 0.4) is 0 Å². The third-order valence-electron chi connectivity index (χ3n) is 5.84. The molecule has 1 atom stereocenters. The smallest absolute Gasteiger partial charge is 0.245 e. The maximum Gasteiger partial charge on any atom is 0.245 e. The summed E-state index contributed by atoms with van der Waals surface area (Å²) in [5.41, 5.74) is 1.87. The number of aryl methyl sites for hydroxylation is 1. The van der Waals surface area contributed by atoms with Gasteiger partial charge in [0.15, 0.2) is 5.82 Å². The molecule has 0 radical (unpaired) electrons. The lowest BCUT2D eigenvalue weighted by Crippen LogP contribution is -2.49. The fraction of sp³-hybridized carbons (Fsp3) is 0.500. The summed E-state index contributed by atoms with van der Waals surface area (Å²) in [6.07, 6.45) is 2.58. The van der Waals surface area contributed by atoms with E-state index in [-0.39, 0.29) is 11.9 Å². The Morgan fingerprint density at radius 3 is 2.86 bits per heavy atom. The van der Waals surface area contributed by atoms with Gasteiger partial charge >= 0.3 is 0 Å². The van der Waals surface area contributed by atoms with Gasteiger partial charge in [-0.3, -0.25) is 14.4 Å². The maximum atomic E-state index is 13.0. The predicted molar refractivity (Wildman–Crippen MR) is 103 cm³/mol. The summed E-state index contributed by atoms with van der Waals surface area (Å²) in [5, 5.41) is 9.73. The molecule has 0 unspecified atom stereocenters. The topological polar surface area (TPSA) is 80.3 Å². The van der Waals surface area contributed by atoms with Crippen LogP contribution in [0.2, 0.25) is 0 Å². The summed E-state index contributed by atoms with van der Waals surface area (Å²) >= 11 is 0. The fourth-order valence-electron chi connectivity index (χ4n) is 3.93. The lowest BCUT2D eigenvalue weighted by Gasteiger charge is -2.37. The Bertz CT molecular complexity index is 1020. The molecular weight excluding hydrogens is 356 g/mol. The first-order chi connectivity index (χ1) is 13.6. The molecule has 2 aromatic heterocycles. The number of nitrogens with zero attached hydrogens (tertiary/aromatic N) is 6. The van der Waals surface area contributed by atoms with Crippen LogP contribution in [0.15, 0.2) is 28.8 Å². The van der Waals surface area contributed by atoms with Gasteiger partial charge in [0.2, 0.25) is 11.8 Å². The van der Waals surface area contributed by atoms with Crippen LogP contribution in [0, 0.1) is 0 Å². The number of para-hydroxylation sites is 1. The van der Waals surface area contributed by atoms with E-state index in [9.17, 15) is 4.79 Å². The van der Waals surface area contributed by atoms with Gasteiger partial charge in [-0.15, -0.1) is 0 Å². The molecule has 8 heteroatoms. The quantitative estimate of drug-likeness (QED) is 0.688. The molecular formula is C20H24N6O2. The van der Waals surface area contributed by atoms with Crippen LogP contribution in [0.25, 0.3) is 10.9 Å². The Morgan fingerprint density at radius 2 is 2.04 bits per heavy atom. The zero-order chi connectivity index (χ0) is 19.3. The number of piperazine rings is 1. The monoisotopic (exact) mass is 380 g/mol. The lowest BCUT2D eigenvalue weighted by molar-refractivity contribution is -0.133. The standard InChI is InChI=1S/C20H24N6O2/c1-24-9-10-26(12-17(24)20-21-19(23-28-20)13-7-8-13)18(27)11-15-14-5-3-4-6-16(14)25(2)22-15/h3-6,13,17H,7-12H2,1-2H3/t17-/m0/s1. The maximum absolute atomic E-state index is 13.0. The van der Waals surface area contributed by atoms with Crippen molar-refractivity contribution in [3.05, 3.63) is 41.7 Å². The first kappa shape index (κ1) is 17.4. The van der Waals surface area contributed by atoms with Gasteiger partial charge in [0.25, 0.3) is 0 Å². The van der Waals surface area contributed by atoms with E-state index in [0.29, 0.717) is 31.3 Å². The third-order valence-corrected chi connectivity index (χ3v) is 5.84. The van der Waals surface area contributed by atoms with E-state index in [1.54, 1.807) is 0 Å². The zero-order valence-corrected chi connectivity index (χ0v) is 16.2. The average molecular weight is 380 g/mol. The van der Waals surface area contributed by atoms with Crippen LogP contribution in [-0.2, 0) is 18.3 Å². The van der Waals surface area contributed by atoms with E-state index in [1.165, 1.54) is 0 Å². The minimum absolute atomic E-state index is 0.0572. The number of carbonyl (C=O) groups excluding carboxylic acids is 1. The first-order valence-corrected chi connectivity index (χ1v) is 9.82. The molecule has 0 spiro atoms. The van der Waals surface area contributed by atoms with Crippen molar-refractivity contribution in [2.75, 3.05) is 26.7 Å². The molecule has 1 aromatic carbocycles. The summed E-state index contributed by atoms with van der Waals surface area (Å²) in [6, 6.07) is 7.96. The van der Waals surface area contributed by atoms with Gasteiger partial charge in [-0.1, -0.05) is 23.4 Å². The number of hydrogen-bond donors (Lipinski definition) is 0. The summed E-state index contributed by atoms with van der Waals surface area (Å²) in [7, 11) is 3.95. The second-order valence-corrected chi connectivity index (χ2v) is 7.87. The predicted octanol–water partition coefficient (Wildman–Crippen LogP) is 1.89. The number of benzene rings is 1. The number of hydrogen-bond acceptors (Lipinski definition) is 6. The van der Waals surface area contributed by atoms with Crippen LogP contribution in [0.1, 0.15) is 42.2 Å². The van der Waals surface area contributed by atoms with E-state index in [1.807, 2.05) is 47.9 Å². The van der Waals surface area contributed by atoms with Crippen molar-refractivity contribution in [1.82, 2.24) is 29.7 Å². The second kappa shape index (κ2) is 6.70. The van der Waals surface area contributed by atoms with Crippen LogP contribution in [0.4, 0.5) is 0 Å². The van der Waals surface area contributed by atoms with Crippen molar-refractivity contribution in [2.45, 2.75) is 31.2 Å². The van der Waals surface area contributed by atoms with Crippen molar-refractivity contribution in [3.8, 4) is 0 Å². The molecule has 3 heterocycles. The SMILES string of the molecule is CN1CCN(C(=O)Cc2nn(C)c3ccccc23)C[C@H]1c1nc(C2CC2)no1. The van der Waals surface area contributed by atoms with Crippen molar-refractivity contribution in [3.63, 3.8) is 0 Å². The van der Waals surface area contributed by atoms with Crippen LogP contribution < -0.4 is 0 Å². The van der Waals surface area contributed by atoms with Crippen molar-refractivity contribution < 1.29 is 9.32 Å². The zero-order valence-electron chi connectivity index (χ0n) is 16.2. The number of fused-ring (bicyclic) bond motifs is 1. The normalized spacial score (nSPS) is 20.8. The molecule has 2 fully saturated rings. The van der Waals surface area contributed by atoms with Gasteiger partial charge in [-0.05, 0) is 26.0 Å². The highest BCUT2D eigenvalue weighted by atomic mass is 16.5. The van der Waals surface area contributed by atoms with E-state index < -0.39 is 0 Å². The average Bonchev–Trinajstić information content (AvgIpc) is 3.36. The molecule has 1 aliphatic carbocycles. The summed E-state index contributed by atoms with van der Waals surface area (Å²) in [4.78, 5) is 21.7. The van der Waals surface area contributed by atoms with E-state index in [0.717, 1.165) is 41.8 Å². The number of rotatable bonds is 4. The molecule has 0 bridgehead atoms. The van der Waals surface area contributed by atoms with Crippen molar-refractivity contribution in [1.29, 1.82) is 0 Å². The first-order valence-electron chi connectivity index (χ1n) is 9.82. The molecule has 2 aliphatic rings. The van der Waals surface area contributed by atoms with E-state index in [2.05, 4.69) is 20.1 Å². The van der Waals surface area contributed by atoms with Crippen LogP contribution in [0.5, 0.6) is 0 Å². The largest absolute Gasteiger partial charge is 0.339 e. The number of amides is 1. The van der Waals surface area contributed by atoms with Crippen LogP contribution >= 0.6 is 0 Å². The van der Waals surface area contributed by atoms with Crippen LogP contribution in [-0.4, -0.2) is 62.3 Å². The number of likely N-dealkylation sites (N-methyl/N-ethyl adjacent to an activating group) is 1. The molecule has 1 saturated heterocycles. The Balaban J connectivity index is 1.33. The molecule has 0 N–H and O–H groups in total. The van der Waals surface area contributed by atoms with Gasteiger partial charge in [0, 0.05) is 38.0 Å². The molecule has 1 saturated carbocycles. The van der Waals surface area contributed by atoms with Gasteiger partial charge in [0.05, 0.1) is 17.6 Å². The summed E-state index contributed by atoms with van der Waals surface area (Å²) in [5.74, 6) is 1.97. The minimum atomic E-state index is -0.0572. The number of aromatic nitrogens is 4. The highest BCUT2D eigenvalue weighted by Gasteiger charge is 2.35. The molecule has 3 aromatic rings. The molecule has 5 rings (SSSR count). The Morgan fingerprint density at radius 1 is 1.21 bits per heavy atom. The Labute approximate surface area is 163 Å². The minimum Gasteiger partial charge on any atom is -0.339 e. The van der Waals surface area contributed by atoms with Gasteiger partial charge in [0.1, 0.15) is 6.04 Å². The Kier molecular flexibility index (Phi) is 4.16. The summed E-state index contributed by atoms with van der Waals surface area (Å²) in [6.45, 7) is 2.03. The molecule has 146 valence electrons. The summed E-state index contributed by atoms with van der Waals surface area (Å²) < 4.78 is 7.36.